The fourth-order valence-electron chi connectivity index (χ4n) is 0.909. The highest BCUT2D eigenvalue weighted by Crippen LogP contribution is 2.03. The molecule has 13 heavy (non-hydrogen) atoms. The lowest BCUT2D eigenvalue weighted by atomic mass is 9.79. The average molecular weight is 201 g/mol. The van der Waals surface area contributed by atoms with E-state index in [0.717, 1.165) is 0 Å². The van der Waals surface area contributed by atoms with Crippen molar-refractivity contribution in [1.82, 2.24) is 0 Å². The summed E-state index contributed by atoms with van der Waals surface area (Å²) in [5, 5.41) is 17.7. The van der Waals surface area contributed by atoms with Crippen molar-refractivity contribution in [2.45, 2.75) is 0 Å². The van der Waals surface area contributed by atoms with Crippen LogP contribution in [-0.2, 0) is 11.3 Å². The Morgan fingerprint density at radius 3 is 2.46 bits per heavy atom. The van der Waals surface area contributed by atoms with Gasteiger partial charge in [0.05, 0.1) is 0 Å². The van der Waals surface area contributed by atoms with Crippen LogP contribution in [0.5, 0.6) is 0 Å². The van der Waals surface area contributed by atoms with E-state index in [2.05, 4.69) is 4.72 Å². The van der Waals surface area contributed by atoms with Gasteiger partial charge in [0, 0.05) is 11.2 Å². The van der Waals surface area contributed by atoms with Gasteiger partial charge in [-0.05, 0) is 6.07 Å². The minimum Gasteiger partial charge on any atom is -0.423 e. The van der Waals surface area contributed by atoms with Gasteiger partial charge >= 0.3 is 7.12 Å². The molecule has 0 saturated heterocycles. The molecule has 0 spiro atoms. The second-order valence-electron chi connectivity index (χ2n) is 2.31. The molecule has 70 valence electrons. The second kappa shape index (κ2) is 4.38. The summed E-state index contributed by atoms with van der Waals surface area (Å²) in [4.78, 5) is 0. The van der Waals surface area contributed by atoms with Crippen molar-refractivity contribution < 1.29 is 18.8 Å². The summed E-state index contributed by atoms with van der Waals surface area (Å²) < 4.78 is 21.1. The Bertz CT molecular complexity index is 319. The molecule has 1 rings (SSSR count). The van der Waals surface area contributed by atoms with E-state index >= 15 is 0 Å². The zero-order valence-corrected chi connectivity index (χ0v) is 7.36. The Hall–Kier alpha value is -0.885. The molecule has 5 nitrogen and oxygen atoms in total. The van der Waals surface area contributed by atoms with Gasteiger partial charge in [-0.15, -0.1) is 0 Å². The molecule has 0 heterocycles. The van der Waals surface area contributed by atoms with Crippen LogP contribution in [0.4, 0.5) is 5.69 Å². The van der Waals surface area contributed by atoms with Gasteiger partial charge in [-0.1, -0.05) is 18.2 Å². The van der Waals surface area contributed by atoms with E-state index in [9.17, 15) is 4.21 Å². The van der Waals surface area contributed by atoms with Gasteiger partial charge in [0.15, 0.2) is 0 Å². The topological polar surface area (TPSA) is 89.8 Å². The summed E-state index contributed by atoms with van der Waals surface area (Å²) in [6.07, 6.45) is 0. The second-order valence-corrected chi connectivity index (χ2v) is 3.01. The van der Waals surface area contributed by atoms with Crippen LogP contribution >= 0.6 is 0 Å². The van der Waals surface area contributed by atoms with Crippen molar-refractivity contribution >= 4 is 29.5 Å². The van der Waals surface area contributed by atoms with Gasteiger partial charge < -0.3 is 10.0 Å². The third-order valence-corrected chi connectivity index (χ3v) is 1.83. The molecular formula is C6H8BNO4S. The van der Waals surface area contributed by atoms with Gasteiger partial charge in [0.25, 0.3) is 11.3 Å². The molecule has 0 aliphatic heterocycles. The van der Waals surface area contributed by atoms with E-state index in [0.29, 0.717) is 0 Å². The Morgan fingerprint density at radius 1 is 1.31 bits per heavy atom. The molecular weight excluding hydrogens is 193 g/mol. The SMILES string of the molecule is O=S(O)Nc1ccccc1B(O)O. The molecule has 0 aromatic heterocycles. The van der Waals surface area contributed by atoms with E-state index in [4.69, 9.17) is 14.6 Å². The monoisotopic (exact) mass is 201 g/mol. The van der Waals surface area contributed by atoms with Gasteiger partial charge in [-0.3, -0.25) is 9.27 Å². The molecule has 0 amide bonds. The van der Waals surface area contributed by atoms with Crippen molar-refractivity contribution in [2.24, 2.45) is 0 Å². The fraction of sp³-hybridized carbons (Fsp3) is 0. The van der Waals surface area contributed by atoms with Crippen molar-refractivity contribution in [2.75, 3.05) is 4.72 Å². The predicted octanol–water partition coefficient (Wildman–Crippen LogP) is -1.08. The van der Waals surface area contributed by atoms with Gasteiger partial charge in [0.2, 0.25) is 0 Å². The first kappa shape index (κ1) is 10.2. The molecule has 0 bridgehead atoms. The van der Waals surface area contributed by atoms with E-state index < -0.39 is 18.4 Å². The van der Waals surface area contributed by atoms with Crippen molar-refractivity contribution in [1.29, 1.82) is 0 Å². The maximum absolute atomic E-state index is 10.4. The van der Waals surface area contributed by atoms with Crippen molar-refractivity contribution in [3.8, 4) is 0 Å². The third-order valence-electron chi connectivity index (χ3n) is 1.44. The van der Waals surface area contributed by atoms with Crippen LogP contribution in [0.25, 0.3) is 0 Å². The van der Waals surface area contributed by atoms with Gasteiger partial charge in [-0.2, -0.15) is 0 Å². The average Bonchev–Trinajstić information content (AvgIpc) is 2.03. The lowest BCUT2D eigenvalue weighted by Gasteiger charge is -2.07. The zero-order valence-electron chi connectivity index (χ0n) is 6.54. The Balaban J connectivity index is 2.97. The molecule has 1 aromatic rings. The smallest absolute Gasteiger partial charge is 0.423 e. The fourth-order valence-corrected chi connectivity index (χ4v) is 1.28. The molecule has 4 N–H and O–H groups in total. The predicted molar refractivity (Wildman–Crippen MR) is 50.7 cm³/mol. The van der Waals surface area contributed by atoms with Crippen LogP contribution in [0.1, 0.15) is 0 Å². The first-order valence-electron chi connectivity index (χ1n) is 3.44. The summed E-state index contributed by atoms with van der Waals surface area (Å²) in [6, 6.07) is 6.13. The first-order chi connectivity index (χ1) is 6.11. The Kier molecular flexibility index (Phi) is 3.43. The molecule has 1 atom stereocenters. The summed E-state index contributed by atoms with van der Waals surface area (Å²) in [5.74, 6) is 0. The highest BCUT2D eigenvalue weighted by atomic mass is 32.2. The number of rotatable bonds is 3. The minimum atomic E-state index is -2.22. The number of para-hydroxylation sites is 1. The van der Waals surface area contributed by atoms with Crippen molar-refractivity contribution in [3.63, 3.8) is 0 Å². The summed E-state index contributed by atoms with van der Waals surface area (Å²) in [6.45, 7) is 0. The lowest BCUT2D eigenvalue weighted by molar-refractivity contribution is 0.426. The zero-order chi connectivity index (χ0) is 9.84. The molecule has 0 radical (unpaired) electrons. The van der Waals surface area contributed by atoms with E-state index in [-0.39, 0.29) is 11.2 Å². The van der Waals surface area contributed by atoms with Gasteiger partial charge in [-0.25, -0.2) is 4.21 Å². The quantitative estimate of drug-likeness (QED) is 0.369. The van der Waals surface area contributed by atoms with Crippen LogP contribution in [0, 0.1) is 0 Å². The maximum atomic E-state index is 10.4. The largest absolute Gasteiger partial charge is 0.490 e. The highest BCUT2D eigenvalue weighted by Gasteiger charge is 2.15. The van der Waals surface area contributed by atoms with E-state index in [1.54, 1.807) is 12.1 Å². The molecule has 7 heteroatoms. The standard InChI is InChI=1S/C6H8BNO4S/c9-7(10)5-3-1-2-4-6(5)8-13(11)12/h1-4,8-10H,(H,11,12). The summed E-state index contributed by atoms with van der Waals surface area (Å²) in [5.41, 5.74) is 0.378. The molecule has 1 aromatic carbocycles. The minimum absolute atomic E-state index is 0.157. The lowest BCUT2D eigenvalue weighted by Crippen LogP contribution is -2.32. The number of anilines is 1. The molecule has 0 aliphatic carbocycles. The number of benzene rings is 1. The van der Waals surface area contributed by atoms with Crippen LogP contribution in [0.3, 0.4) is 0 Å². The molecule has 0 saturated carbocycles. The van der Waals surface area contributed by atoms with Crippen LogP contribution in [0.2, 0.25) is 0 Å². The van der Waals surface area contributed by atoms with Crippen LogP contribution in [0.15, 0.2) is 24.3 Å². The van der Waals surface area contributed by atoms with Gasteiger partial charge in [0.1, 0.15) is 0 Å². The van der Waals surface area contributed by atoms with E-state index in [1.807, 2.05) is 0 Å². The first-order valence-corrected chi connectivity index (χ1v) is 4.54. The number of hydrogen-bond donors (Lipinski definition) is 4. The highest BCUT2D eigenvalue weighted by molar-refractivity contribution is 7.80. The summed E-state index contributed by atoms with van der Waals surface area (Å²) >= 11 is -2.22. The molecule has 0 aliphatic rings. The number of hydrogen-bond acceptors (Lipinski definition) is 3. The number of nitrogens with one attached hydrogen (secondary N) is 1. The Morgan fingerprint density at radius 2 is 1.92 bits per heavy atom. The maximum Gasteiger partial charge on any atom is 0.490 e. The third kappa shape index (κ3) is 2.81. The molecule has 1 unspecified atom stereocenters. The van der Waals surface area contributed by atoms with Crippen LogP contribution in [-0.4, -0.2) is 25.9 Å². The van der Waals surface area contributed by atoms with Crippen molar-refractivity contribution in [3.05, 3.63) is 24.3 Å². The summed E-state index contributed by atoms with van der Waals surface area (Å²) in [7, 11) is -1.66. The normalized spacial score (nSPS) is 12.2. The Labute approximate surface area is 78.0 Å². The molecule has 0 fully saturated rings. The van der Waals surface area contributed by atoms with Crippen LogP contribution < -0.4 is 10.2 Å². The van der Waals surface area contributed by atoms with E-state index in [1.165, 1.54) is 12.1 Å².